The van der Waals surface area contributed by atoms with Crippen molar-refractivity contribution >= 4 is 5.91 Å². The van der Waals surface area contributed by atoms with E-state index in [1.807, 2.05) is 39.8 Å². The van der Waals surface area contributed by atoms with Crippen molar-refractivity contribution in [2.75, 3.05) is 19.7 Å². The fourth-order valence-corrected chi connectivity index (χ4v) is 2.63. The average Bonchev–Trinajstić information content (AvgIpc) is 2.36. The van der Waals surface area contributed by atoms with E-state index in [-0.39, 0.29) is 18.6 Å². The zero-order chi connectivity index (χ0) is 14.9. The summed E-state index contributed by atoms with van der Waals surface area (Å²) >= 11 is 0. The summed E-state index contributed by atoms with van der Waals surface area (Å²) in [5.74, 6) is -0.0511. The molecular weight excluding hydrogens is 256 g/mol. The fraction of sp³-hybridized carbons (Fsp3) is 0.600. The number of ether oxygens (including phenoxy) is 1. The van der Waals surface area contributed by atoms with Crippen LogP contribution in [0.1, 0.15) is 35.6 Å². The second-order valence-corrected chi connectivity index (χ2v) is 5.95. The van der Waals surface area contributed by atoms with Gasteiger partial charge in [0.05, 0.1) is 29.6 Å². The van der Waals surface area contributed by atoms with Crippen LogP contribution in [-0.2, 0) is 4.74 Å². The minimum atomic E-state index is -0.451. The Labute approximate surface area is 119 Å². The van der Waals surface area contributed by atoms with E-state index in [1.165, 1.54) is 0 Å². The zero-order valence-corrected chi connectivity index (χ0v) is 12.5. The minimum absolute atomic E-state index is 0.0511. The monoisotopic (exact) mass is 278 g/mol. The molecule has 5 nitrogen and oxygen atoms in total. The normalized spacial score (nSPS) is 21.9. The first-order valence-electron chi connectivity index (χ1n) is 6.84. The Morgan fingerprint density at radius 1 is 1.50 bits per heavy atom. The Bertz CT molecular complexity index is 514. The number of pyridine rings is 1. The molecule has 1 aromatic heterocycles. The minimum Gasteiger partial charge on any atom is -0.394 e. The lowest BCUT2D eigenvalue weighted by atomic mass is 10.0. The molecule has 0 aromatic carbocycles. The Kier molecular flexibility index (Phi) is 4.11. The van der Waals surface area contributed by atoms with E-state index in [4.69, 9.17) is 4.74 Å². The molecule has 0 bridgehead atoms. The molecule has 1 N–H and O–H groups in total. The van der Waals surface area contributed by atoms with E-state index in [0.717, 1.165) is 11.4 Å². The Hall–Kier alpha value is -1.46. The predicted molar refractivity (Wildman–Crippen MR) is 75.7 cm³/mol. The van der Waals surface area contributed by atoms with Crippen LogP contribution in [0.3, 0.4) is 0 Å². The first-order chi connectivity index (χ1) is 9.32. The third-order valence-corrected chi connectivity index (χ3v) is 3.43. The molecule has 5 heteroatoms. The van der Waals surface area contributed by atoms with Crippen molar-refractivity contribution in [2.24, 2.45) is 0 Å². The van der Waals surface area contributed by atoms with Crippen LogP contribution in [0.25, 0.3) is 0 Å². The molecule has 110 valence electrons. The smallest absolute Gasteiger partial charge is 0.255 e. The van der Waals surface area contributed by atoms with Crippen LogP contribution in [0.5, 0.6) is 0 Å². The van der Waals surface area contributed by atoms with Gasteiger partial charge in [-0.15, -0.1) is 0 Å². The lowest BCUT2D eigenvalue weighted by molar-refractivity contribution is -0.139. The summed E-state index contributed by atoms with van der Waals surface area (Å²) in [6.45, 7) is 8.43. The van der Waals surface area contributed by atoms with Crippen molar-refractivity contribution in [3.63, 3.8) is 0 Å². The molecule has 1 unspecified atom stereocenters. The summed E-state index contributed by atoms with van der Waals surface area (Å²) in [5.41, 5.74) is 1.80. The molecule has 1 fully saturated rings. The molecule has 0 aliphatic carbocycles. The van der Waals surface area contributed by atoms with E-state index in [1.54, 1.807) is 4.90 Å². The van der Waals surface area contributed by atoms with Gasteiger partial charge < -0.3 is 14.7 Å². The van der Waals surface area contributed by atoms with Gasteiger partial charge in [0, 0.05) is 18.8 Å². The number of hydrogen-bond acceptors (Lipinski definition) is 4. The summed E-state index contributed by atoms with van der Waals surface area (Å²) in [4.78, 5) is 18.7. The van der Waals surface area contributed by atoms with Gasteiger partial charge in [-0.2, -0.15) is 0 Å². The van der Waals surface area contributed by atoms with Gasteiger partial charge in [-0.1, -0.05) is 0 Å². The number of carbonyl (C=O) groups is 1. The zero-order valence-electron chi connectivity index (χ0n) is 12.5. The number of hydrogen-bond donors (Lipinski definition) is 1. The highest BCUT2D eigenvalue weighted by Crippen LogP contribution is 2.23. The van der Waals surface area contributed by atoms with Gasteiger partial charge in [-0.25, -0.2) is 0 Å². The van der Waals surface area contributed by atoms with Gasteiger partial charge >= 0.3 is 0 Å². The number of carbonyl (C=O) groups excluding carboxylic acids is 1. The van der Waals surface area contributed by atoms with Gasteiger partial charge in [-0.05, 0) is 39.8 Å². The summed E-state index contributed by atoms with van der Waals surface area (Å²) in [5, 5.41) is 9.31. The average molecular weight is 278 g/mol. The number of nitrogens with zero attached hydrogens (tertiary/aromatic N) is 2. The Balaban J connectivity index is 2.23. The second kappa shape index (κ2) is 5.50. The van der Waals surface area contributed by atoms with Gasteiger partial charge in [0.1, 0.15) is 0 Å². The third-order valence-electron chi connectivity index (χ3n) is 3.43. The van der Waals surface area contributed by atoms with Crippen LogP contribution in [0.2, 0.25) is 0 Å². The fourth-order valence-electron chi connectivity index (χ4n) is 2.63. The van der Waals surface area contributed by atoms with Crippen LogP contribution in [0, 0.1) is 13.8 Å². The van der Waals surface area contributed by atoms with Crippen LogP contribution < -0.4 is 0 Å². The molecule has 2 rings (SSSR count). The molecule has 0 saturated carbocycles. The Morgan fingerprint density at radius 3 is 2.80 bits per heavy atom. The maximum absolute atomic E-state index is 12.6. The molecule has 1 aliphatic rings. The topological polar surface area (TPSA) is 62.7 Å². The van der Waals surface area contributed by atoms with Gasteiger partial charge in [-0.3, -0.25) is 9.78 Å². The maximum atomic E-state index is 12.6. The van der Waals surface area contributed by atoms with Gasteiger partial charge in [0.2, 0.25) is 0 Å². The van der Waals surface area contributed by atoms with Gasteiger partial charge in [0.25, 0.3) is 5.91 Å². The molecule has 1 aliphatic heterocycles. The highest BCUT2D eigenvalue weighted by atomic mass is 16.5. The van der Waals surface area contributed by atoms with E-state index in [0.29, 0.717) is 18.7 Å². The lowest BCUT2D eigenvalue weighted by Crippen LogP contribution is -2.55. The predicted octanol–water partition coefficient (Wildman–Crippen LogP) is 1.31. The van der Waals surface area contributed by atoms with Crippen molar-refractivity contribution < 1.29 is 14.6 Å². The molecular formula is C15H22N2O3. The SMILES string of the molecule is Cc1ccc(C(=O)N2CC(CO)OC(C)(C)C2)c(C)n1. The van der Waals surface area contributed by atoms with Crippen LogP contribution in [0.15, 0.2) is 12.1 Å². The quantitative estimate of drug-likeness (QED) is 0.886. The molecule has 20 heavy (non-hydrogen) atoms. The summed E-state index contributed by atoms with van der Waals surface area (Å²) < 4.78 is 5.73. The molecule has 1 atom stereocenters. The van der Waals surface area contributed by atoms with E-state index in [2.05, 4.69) is 4.98 Å². The van der Waals surface area contributed by atoms with E-state index < -0.39 is 5.60 Å². The molecule has 0 spiro atoms. The van der Waals surface area contributed by atoms with Crippen LogP contribution in [-0.4, -0.2) is 52.3 Å². The number of aryl methyl sites for hydroxylation is 2. The molecule has 1 saturated heterocycles. The summed E-state index contributed by atoms with van der Waals surface area (Å²) in [6, 6.07) is 3.66. The highest BCUT2D eigenvalue weighted by Gasteiger charge is 2.35. The van der Waals surface area contributed by atoms with Crippen molar-refractivity contribution in [1.82, 2.24) is 9.88 Å². The van der Waals surface area contributed by atoms with Crippen molar-refractivity contribution in [1.29, 1.82) is 0 Å². The number of aromatic nitrogens is 1. The molecule has 1 aromatic rings. The highest BCUT2D eigenvalue weighted by molar-refractivity contribution is 5.95. The Morgan fingerprint density at radius 2 is 2.20 bits per heavy atom. The number of rotatable bonds is 2. The summed E-state index contributed by atoms with van der Waals surface area (Å²) in [6.07, 6.45) is -0.332. The number of amides is 1. The number of aliphatic hydroxyl groups excluding tert-OH is 1. The van der Waals surface area contributed by atoms with Crippen molar-refractivity contribution in [2.45, 2.75) is 39.4 Å². The number of aliphatic hydroxyl groups is 1. The maximum Gasteiger partial charge on any atom is 0.255 e. The third kappa shape index (κ3) is 3.16. The second-order valence-electron chi connectivity index (χ2n) is 5.95. The number of morpholine rings is 1. The molecule has 1 amide bonds. The first kappa shape index (κ1) is 14.9. The van der Waals surface area contributed by atoms with Crippen molar-refractivity contribution in [3.05, 3.63) is 29.1 Å². The van der Waals surface area contributed by atoms with Crippen molar-refractivity contribution in [3.8, 4) is 0 Å². The molecule has 0 radical (unpaired) electrons. The summed E-state index contributed by atoms with van der Waals surface area (Å²) in [7, 11) is 0. The molecule has 2 heterocycles. The van der Waals surface area contributed by atoms with Crippen LogP contribution in [0.4, 0.5) is 0 Å². The van der Waals surface area contributed by atoms with Gasteiger partial charge in [0.15, 0.2) is 0 Å². The largest absolute Gasteiger partial charge is 0.394 e. The lowest BCUT2D eigenvalue weighted by Gasteiger charge is -2.42. The first-order valence-corrected chi connectivity index (χ1v) is 6.84. The van der Waals surface area contributed by atoms with E-state index in [9.17, 15) is 9.90 Å². The van der Waals surface area contributed by atoms with E-state index >= 15 is 0 Å². The standard InChI is InChI=1S/C15H22N2O3/c1-10-5-6-13(11(2)16-10)14(19)17-7-12(8-18)20-15(3,4)9-17/h5-6,12,18H,7-9H2,1-4H3. The van der Waals surface area contributed by atoms with Crippen LogP contribution >= 0.6 is 0 Å².